The molecule has 0 atom stereocenters. The number of aromatic nitrogens is 1. The largest absolute Gasteiger partial charge is 0.312 e. The summed E-state index contributed by atoms with van der Waals surface area (Å²) in [5.74, 6) is 0. The molecule has 0 radical (unpaired) electrons. The molecule has 2 aromatic heterocycles. The lowest BCUT2D eigenvalue weighted by Crippen LogP contribution is -2.18. The summed E-state index contributed by atoms with van der Waals surface area (Å²) in [6, 6.07) is 3.49. The first-order chi connectivity index (χ1) is 9.94. The van der Waals surface area contributed by atoms with Crippen LogP contribution in [0.1, 0.15) is 23.1 Å². The fourth-order valence-corrected chi connectivity index (χ4v) is 4.77. The second kappa shape index (κ2) is 6.55. The summed E-state index contributed by atoms with van der Waals surface area (Å²) in [6.07, 6.45) is 1.53. The molecular formula is C14H19N3O2S2. The molecule has 7 heteroatoms. The van der Waals surface area contributed by atoms with Crippen LogP contribution in [0.3, 0.4) is 0 Å². The van der Waals surface area contributed by atoms with E-state index in [0.717, 1.165) is 22.7 Å². The zero-order chi connectivity index (χ0) is 15.5. The maximum absolute atomic E-state index is 12.6. The van der Waals surface area contributed by atoms with Gasteiger partial charge < -0.3 is 5.32 Å². The minimum Gasteiger partial charge on any atom is -0.312 e. The number of hydrogen-bond donors (Lipinski definition) is 2. The van der Waals surface area contributed by atoms with Gasteiger partial charge in [-0.15, -0.1) is 11.3 Å². The number of pyridine rings is 1. The van der Waals surface area contributed by atoms with Crippen LogP contribution in [0, 0.1) is 13.8 Å². The van der Waals surface area contributed by atoms with Crippen molar-refractivity contribution in [3.63, 3.8) is 0 Å². The van der Waals surface area contributed by atoms with E-state index in [2.05, 4.69) is 15.0 Å². The first-order valence-electron chi connectivity index (χ1n) is 6.67. The highest BCUT2D eigenvalue weighted by molar-refractivity contribution is 7.93. The van der Waals surface area contributed by atoms with Crippen LogP contribution in [0.15, 0.2) is 28.6 Å². The standard InChI is InChI=1S/C14H19N3O2S2/c1-4-15-8-13-14(10(2)9-20-13)21(18,19)17-12-6-5-11(3)16-7-12/h5-7,9,15,17H,4,8H2,1-3H3. The van der Waals surface area contributed by atoms with Crippen LogP contribution in [-0.4, -0.2) is 19.9 Å². The molecular weight excluding hydrogens is 306 g/mol. The van der Waals surface area contributed by atoms with Gasteiger partial charge in [0, 0.05) is 17.1 Å². The fraction of sp³-hybridized carbons (Fsp3) is 0.357. The van der Waals surface area contributed by atoms with Crippen molar-refractivity contribution in [3.8, 4) is 0 Å². The molecule has 114 valence electrons. The first-order valence-corrected chi connectivity index (χ1v) is 9.03. The van der Waals surface area contributed by atoms with E-state index in [-0.39, 0.29) is 0 Å². The molecule has 0 spiro atoms. The minimum absolute atomic E-state index is 0.369. The summed E-state index contributed by atoms with van der Waals surface area (Å²) in [6.45, 7) is 7.01. The fourth-order valence-electron chi connectivity index (χ4n) is 1.94. The van der Waals surface area contributed by atoms with Crippen LogP contribution >= 0.6 is 11.3 Å². The Morgan fingerprint density at radius 1 is 1.29 bits per heavy atom. The van der Waals surface area contributed by atoms with Crippen LogP contribution in [-0.2, 0) is 16.6 Å². The average Bonchev–Trinajstić information content (AvgIpc) is 2.81. The van der Waals surface area contributed by atoms with Crippen LogP contribution in [0.25, 0.3) is 0 Å². The summed E-state index contributed by atoms with van der Waals surface area (Å²) in [5, 5.41) is 5.04. The quantitative estimate of drug-likeness (QED) is 0.856. The first kappa shape index (κ1) is 15.9. The second-order valence-corrected chi connectivity index (χ2v) is 7.33. The van der Waals surface area contributed by atoms with Crippen molar-refractivity contribution < 1.29 is 8.42 Å². The van der Waals surface area contributed by atoms with Gasteiger partial charge in [0.15, 0.2) is 0 Å². The van der Waals surface area contributed by atoms with Gasteiger partial charge in [-0.3, -0.25) is 9.71 Å². The summed E-state index contributed by atoms with van der Waals surface area (Å²) in [4.78, 5) is 5.29. The van der Waals surface area contributed by atoms with Gasteiger partial charge in [0.2, 0.25) is 0 Å². The van der Waals surface area contributed by atoms with E-state index in [4.69, 9.17) is 0 Å². The lowest BCUT2D eigenvalue weighted by atomic mass is 10.3. The molecule has 0 aliphatic carbocycles. The maximum Gasteiger partial charge on any atom is 0.263 e. The molecule has 0 fully saturated rings. The van der Waals surface area contributed by atoms with E-state index in [9.17, 15) is 8.42 Å². The molecule has 0 aromatic carbocycles. The highest BCUT2D eigenvalue weighted by atomic mass is 32.2. The number of sulfonamides is 1. The molecule has 0 saturated carbocycles. The Bertz CT molecular complexity index is 706. The maximum atomic E-state index is 12.6. The van der Waals surface area contributed by atoms with E-state index in [1.807, 2.05) is 26.2 Å². The Morgan fingerprint density at radius 3 is 2.67 bits per heavy atom. The van der Waals surface area contributed by atoms with Crippen molar-refractivity contribution >= 4 is 27.0 Å². The topological polar surface area (TPSA) is 71.1 Å². The molecule has 0 amide bonds. The molecule has 0 aliphatic rings. The molecule has 2 N–H and O–H groups in total. The van der Waals surface area contributed by atoms with Gasteiger partial charge in [-0.25, -0.2) is 8.42 Å². The molecule has 0 saturated heterocycles. The molecule has 5 nitrogen and oxygen atoms in total. The molecule has 2 aromatic rings. The van der Waals surface area contributed by atoms with Crippen molar-refractivity contribution in [3.05, 3.63) is 39.8 Å². The van der Waals surface area contributed by atoms with Crippen molar-refractivity contribution in [1.29, 1.82) is 0 Å². The Kier molecular flexibility index (Phi) is 4.97. The van der Waals surface area contributed by atoms with Crippen molar-refractivity contribution in [1.82, 2.24) is 10.3 Å². The van der Waals surface area contributed by atoms with Crippen molar-refractivity contribution in [2.45, 2.75) is 32.2 Å². The van der Waals surface area contributed by atoms with Gasteiger partial charge in [-0.2, -0.15) is 0 Å². The second-order valence-electron chi connectivity index (χ2n) is 4.75. The molecule has 0 aliphatic heterocycles. The van der Waals surface area contributed by atoms with Gasteiger partial charge in [-0.1, -0.05) is 6.92 Å². The van der Waals surface area contributed by atoms with E-state index in [1.165, 1.54) is 17.5 Å². The van der Waals surface area contributed by atoms with E-state index < -0.39 is 10.0 Å². The van der Waals surface area contributed by atoms with Gasteiger partial charge in [-0.05, 0) is 43.5 Å². The third-order valence-corrected chi connectivity index (χ3v) is 5.80. The van der Waals surface area contributed by atoms with E-state index in [1.54, 1.807) is 12.1 Å². The zero-order valence-electron chi connectivity index (χ0n) is 12.3. The third kappa shape index (κ3) is 3.81. The Hall–Kier alpha value is -1.44. The predicted molar refractivity (Wildman–Crippen MR) is 86.2 cm³/mol. The van der Waals surface area contributed by atoms with E-state index in [0.29, 0.717) is 17.1 Å². The summed E-state index contributed by atoms with van der Waals surface area (Å²) in [5.41, 5.74) is 2.08. The smallest absolute Gasteiger partial charge is 0.263 e. The zero-order valence-corrected chi connectivity index (χ0v) is 13.9. The number of nitrogens with zero attached hydrogens (tertiary/aromatic N) is 1. The van der Waals surface area contributed by atoms with Crippen molar-refractivity contribution in [2.24, 2.45) is 0 Å². The number of thiophene rings is 1. The highest BCUT2D eigenvalue weighted by Crippen LogP contribution is 2.28. The van der Waals surface area contributed by atoms with Crippen LogP contribution < -0.4 is 10.0 Å². The Labute approximate surface area is 129 Å². The minimum atomic E-state index is -3.59. The number of anilines is 1. The average molecular weight is 325 g/mol. The Morgan fingerprint density at radius 2 is 2.05 bits per heavy atom. The number of rotatable bonds is 6. The molecule has 0 unspecified atom stereocenters. The lowest BCUT2D eigenvalue weighted by Gasteiger charge is -2.10. The third-order valence-electron chi connectivity index (χ3n) is 2.96. The van der Waals surface area contributed by atoms with Gasteiger partial charge in [0.05, 0.1) is 11.9 Å². The monoisotopic (exact) mass is 325 g/mol. The molecule has 21 heavy (non-hydrogen) atoms. The van der Waals surface area contributed by atoms with Crippen LogP contribution in [0.5, 0.6) is 0 Å². The highest BCUT2D eigenvalue weighted by Gasteiger charge is 2.23. The predicted octanol–water partition coefficient (Wildman–Crippen LogP) is 2.67. The SMILES string of the molecule is CCNCc1scc(C)c1S(=O)(=O)Nc1ccc(C)nc1. The van der Waals surface area contributed by atoms with Gasteiger partial charge in [0.1, 0.15) is 4.90 Å². The summed E-state index contributed by atoms with van der Waals surface area (Å²) in [7, 11) is -3.59. The normalized spacial score (nSPS) is 11.6. The molecule has 2 rings (SSSR count). The van der Waals surface area contributed by atoms with E-state index >= 15 is 0 Å². The Balaban J connectivity index is 2.31. The number of hydrogen-bond acceptors (Lipinski definition) is 5. The number of nitrogens with one attached hydrogen (secondary N) is 2. The summed E-state index contributed by atoms with van der Waals surface area (Å²) < 4.78 is 27.8. The molecule has 0 bridgehead atoms. The number of aryl methyl sites for hydroxylation is 2. The van der Waals surface area contributed by atoms with Crippen LogP contribution in [0.4, 0.5) is 5.69 Å². The summed E-state index contributed by atoms with van der Waals surface area (Å²) >= 11 is 1.46. The van der Waals surface area contributed by atoms with Gasteiger partial charge >= 0.3 is 0 Å². The van der Waals surface area contributed by atoms with Gasteiger partial charge in [0.25, 0.3) is 10.0 Å². The van der Waals surface area contributed by atoms with Crippen LogP contribution in [0.2, 0.25) is 0 Å². The van der Waals surface area contributed by atoms with Crippen molar-refractivity contribution in [2.75, 3.05) is 11.3 Å². The molecule has 2 heterocycles. The lowest BCUT2D eigenvalue weighted by molar-refractivity contribution is 0.599.